The fourth-order valence-corrected chi connectivity index (χ4v) is 4.45. The molecule has 0 spiro atoms. The van der Waals surface area contributed by atoms with Gasteiger partial charge in [-0.05, 0) is 67.2 Å². The summed E-state index contributed by atoms with van der Waals surface area (Å²) >= 11 is 6.21. The van der Waals surface area contributed by atoms with Crippen LogP contribution < -0.4 is 0 Å². The molecular weight excluding hydrogens is 340 g/mol. The molecule has 0 bridgehead atoms. The molecule has 0 saturated heterocycles. The van der Waals surface area contributed by atoms with Crippen LogP contribution in [0, 0.1) is 30.9 Å². The van der Waals surface area contributed by atoms with Crippen molar-refractivity contribution in [2.75, 3.05) is 0 Å². The number of nitro benzene ring substituents is 1. The van der Waals surface area contributed by atoms with Crippen LogP contribution in [-0.4, -0.2) is 10.1 Å². The van der Waals surface area contributed by atoms with Crippen LogP contribution in [0.4, 0.5) is 11.4 Å². The number of fused-ring (bicyclic) bond motifs is 1. The van der Waals surface area contributed by atoms with E-state index in [4.69, 9.17) is 0 Å². The summed E-state index contributed by atoms with van der Waals surface area (Å²) in [6.07, 6.45) is 0. The van der Waals surface area contributed by atoms with Crippen molar-refractivity contribution in [3.8, 4) is 10.4 Å². The number of isothiocyanates is 1. The summed E-state index contributed by atoms with van der Waals surface area (Å²) in [4.78, 5) is 16.0. The highest BCUT2D eigenvalue weighted by molar-refractivity contribution is 7.78. The molecular formula is C18H14N2O2S2. The lowest BCUT2D eigenvalue weighted by Gasteiger charge is -2.03. The van der Waals surface area contributed by atoms with Gasteiger partial charge in [0.1, 0.15) is 0 Å². The first-order chi connectivity index (χ1) is 11.4. The van der Waals surface area contributed by atoms with E-state index >= 15 is 0 Å². The second-order valence-electron chi connectivity index (χ2n) is 5.60. The molecule has 0 atom stereocenters. The lowest BCUT2D eigenvalue weighted by Crippen LogP contribution is -1.93. The average molecular weight is 354 g/mol. The number of benzene rings is 2. The van der Waals surface area contributed by atoms with Crippen LogP contribution in [0.25, 0.3) is 20.5 Å². The van der Waals surface area contributed by atoms with Gasteiger partial charge in [0.25, 0.3) is 5.69 Å². The average Bonchev–Trinajstić information content (AvgIpc) is 2.90. The van der Waals surface area contributed by atoms with Crippen molar-refractivity contribution in [1.29, 1.82) is 0 Å². The highest BCUT2D eigenvalue weighted by atomic mass is 32.1. The van der Waals surface area contributed by atoms with Gasteiger partial charge in [-0.15, -0.1) is 11.3 Å². The number of thiophene rings is 1. The van der Waals surface area contributed by atoms with E-state index in [0.717, 1.165) is 42.9 Å². The van der Waals surface area contributed by atoms with E-state index in [0.29, 0.717) is 0 Å². The fourth-order valence-electron chi connectivity index (χ4n) is 2.96. The Labute approximate surface area is 148 Å². The van der Waals surface area contributed by atoms with E-state index < -0.39 is 0 Å². The molecule has 1 aromatic heterocycles. The zero-order valence-electron chi connectivity index (χ0n) is 13.4. The van der Waals surface area contributed by atoms with Gasteiger partial charge in [-0.2, -0.15) is 4.99 Å². The Balaban J connectivity index is 2.25. The molecule has 1 heterocycles. The molecule has 4 nitrogen and oxygen atoms in total. The molecule has 0 radical (unpaired) electrons. The Bertz CT molecular complexity index is 1010. The zero-order chi connectivity index (χ0) is 17.4. The van der Waals surface area contributed by atoms with Crippen molar-refractivity contribution in [2.24, 2.45) is 4.99 Å². The summed E-state index contributed by atoms with van der Waals surface area (Å²) in [5, 5.41) is 14.7. The van der Waals surface area contributed by atoms with Crippen LogP contribution in [0.3, 0.4) is 0 Å². The van der Waals surface area contributed by atoms with E-state index in [9.17, 15) is 10.1 Å². The van der Waals surface area contributed by atoms with Crippen LogP contribution in [0.2, 0.25) is 0 Å². The Morgan fingerprint density at radius 2 is 1.83 bits per heavy atom. The van der Waals surface area contributed by atoms with E-state index in [-0.39, 0.29) is 10.6 Å². The Hall–Kier alpha value is -2.40. The van der Waals surface area contributed by atoms with Gasteiger partial charge in [-0.25, -0.2) is 0 Å². The minimum atomic E-state index is -0.311. The summed E-state index contributed by atoms with van der Waals surface area (Å²) in [7, 11) is 0. The molecule has 0 amide bonds. The molecule has 3 rings (SSSR count). The highest BCUT2D eigenvalue weighted by Gasteiger charge is 2.20. The second kappa shape index (κ2) is 6.24. The van der Waals surface area contributed by atoms with E-state index in [1.54, 1.807) is 17.4 Å². The molecule has 120 valence electrons. The molecule has 0 aliphatic heterocycles. The van der Waals surface area contributed by atoms with Crippen LogP contribution in [-0.2, 0) is 0 Å². The first kappa shape index (κ1) is 16.5. The largest absolute Gasteiger partial charge is 0.274 e. The number of aryl methyl sites for hydroxylation is 3. The van der Waals surface area contributed by atoms with E-state index in [1.807, 2.05) is 38.1 Å². The summed E-state index contributed by atoms with van der Waals surface area (Å²) in [6, 6.07) is 9.42. The molecule has 0 fully saturated rings. The van der Waals surface area contributed by atoms with Crippen LogP contribution in [0.5, 0.6) is 0 Å². The third-order valence-corrected chi connectivity index (χ3v) is 5.67. The van der Waals surface area contributed by atoms with Gasteiger partial charge in [0.15, 0.2) is 0 Å². The van der Waals surface area contributed by atoms with Crippen LogP contribution in [0.15, 0.2) is 35.3 Å². The number of nitrogens with zero attached hydrogens (tertiary/aromatic N) is 2. The topological polar surface area (TPSA) is 55.5 Å². The van der Waals surface area contributed by atoms with Gasteiger partial charge in [-0.3, -0.25) is 10.1 Å². The fraction of sp³-hybridized carbons (Fsp3) is 0.167. The second-order valence-corrected chi connectivity index (χ2v) is 6.81. The molecule has 0 aliphatic rings. The van der Waals surface area contributed by atoms with Gasteiger partial charge >= 0.3 is 0 Å². The van der Waals surface area contributed by atoms with Gasteiger partial charge < -0.3 is 0 Å². The molecule has 0 aliphatic carbocycles. The van der Waals surface area contributed by atoms with Crippen molar-refractivity contribution in [1.82, 2.24) is 0 Å². The molecule has 24 heavy (non-hydrogen) atoms. The van der Waals surface area contributed by atoms with Crippen molar-refractivity contribution >= 4 is 50.2 Å². The molecule has 0 unspecified atom stereocenters. The predicted octanol–water partition coefficient (Wildman–Crippen LogP) is 6.14. The minimum absolute atomic E-state index is 0.179. The van der Waals surface area contributed by atoms with Gasteiger partial charge in [0.2, 0.25) is 0 Å². The van der Waals surface area contributed by atoms with Crippen molar-refractivity contribution < 1.29 is 4.92 Å². The monoisotopic (exact) mass is 354 g/mol. The third-order valence-electron chi connectivity index (χ3n) is 4.12. The summed E-state index contributed by atoms with van der Waals surface area (Å²) < 4.78 is 0.982. The maximum atomic E-state index is 11.3. The molecule has 0 saturated carbocycles. The van der Waals surface area contributed by atoms with E-state index in [1.165, 1.54) is 0 Å². The van der Waals surface area contributed by atoms with Crippen LogP contribution >= 0.6 is 23.6 Å². The first-order valence-electron chi connectivity index (χ1n) is 7.30. The Morgan fingerprint density at radius 3 is 2.42 bits per heavy atom. The molecule has 2 aromatic carbocycles. The third kappa shape index (κ3) is 2.65. The van der Waals surface area contributed by atoms with Crippen molar-refractivity contribution in [3.05, 3.63) is 57.1 Å². The SMILES string of the molecule is Cc1c([N+](=O)[O-])cc(C)c2c(C)c(-c3ccc(N=C=S)cc3)sc12. The Kier molecular flexibility index (Phi) is 4.28. The highest BCUT2D eigenvalue weighted by Crippen LogP contribution is 2.43. The minimum Gasteiger partial charge on any atom is -0.258 e. The van der Waals surface area contributed by atoms with Gasteiger partial charge in [0, 0.05) is 21.2 Å². The standard InChI is InChI=1S/C18H14N2O2S2/c1-10-8-15(20(21)22)11(2)18-16(10)12(3)17(24-18)13-4-6-14(7-5-13)19-9-23/h4-8H,1-3H3. The number of hydrogen-bond donors (Lipinski definition) is 0. The quantitative estimate of drug-likeness (QED) is 0.246. The van der Waals surface area contributed by atoms with Crippen molar-refractivity contribution in [3.63, 3.8) is 0 Å². The number of nitro groups is 1. The number of hydrogen-bond acceptors (Lipinski definition) is 5. The van der Waals surface area contributed by atoms with Crippen molar-refractivity contribution in [2.45, 2.75) is 20.8 Å². The summed E-state index contributed by atoms with van der Waals surface area (Å²) in [5.74, 6) is 0. The van der Waals surface area contributed by atoms with E-state index in [2.05, 4.69) is 29.3 Å². The zero-order valence-corrected chi connectivity index (χ0v) is 15.0. The number of rotatable bonds is 3. The van der Waals surface area contributed by atoms with Crippen LogP contribution in [0.1, 0.15) is 16.7 Å². The molecule has 3 aromatic rings. The Morgan fingerprint density at radius 1 is 1.17 bits per heavy atom. The maximum Gasteiger partial charge on any atom is 0.274 e. The van der Waals surface area contributed by atoms with Gasteiger partial charge in [0.05, 0.1) is 15.8 Å². The van der Waals surface area contributed by atoms with Gasteiger partial charge in [-0.1, -0.05) is 12.1 Å². The first-order valence-corrected chi connectivity index (χ1v) is 8.52. The predicted molar refractivity (Wildman–Crippen MR) is 103 cm³/mol. The summed E-state index contributed by atoms with van der Waals surface area (Å²) in [5.41, 5.74) is 4.81. The lowest BCUT2D eigenvalue weighted by molar-refractivity contribution is -0.385. The molecule has 0 N–H and O–H groups in total. The smallest absolute Gasteiger partial charge is 0.258 e. The number of thiocarbonyl (C=S) groups is 1. The lowest BCUT2D eigenvalue weighted by atomic mass is 10.0. The normalized spacial score (nSPS) is 10.6. The molecule has 6 heteroatoms. The number of aliphatic imine (C=N–C) groups is 1. The summed E-state index contributed by atoms with van der Waals surface area (Å²) in [6.45, 7) is 5.81. The maximum absolute atomic E-state index is 11.3.